The molecular weight excluding hydrogens is 198 g/mol. The highest BCUT2D eigenvalue weighted by Gasteiger charge is 2.21. The van der Waals surface area contributed by atoms with Crippen LogP contribution in [0.2, 0.25) is 0 Å². The van der Waals surface area contributed by atoms with Crippen LogP contribution < -0.4 is 5.32 Å². The van der Waals surface area contributed by atoms with Crippen molar-refractivity contribution < 1.29 is 4.74 Å². The Morgan fingerprint density at radius 2 is 1.75 bits per heavy atom. The van der Waals surface area contributed by atoms with Crippen LogP contribution in [0.4, 0.5) is 0 Å². The maximum atomic E-state index is 5.40. The van der Waals surface area contributed by atoms with Crippen molar-refractivity contribution in [1.29, 1.82) is 0 Å². The molecule has 1 N–H and O–H groups in total. The standard InChI is InChI=1S/C14H27NO/c1-12(14-5-3-2-4-6-14)15-11-13-7-9-16-10-8-13/h12-15H,2-11H2,1H3/t12-/m0/s1. The quantitative estimate of drug-likeness (QED) is 0.794. The van der Waals surface area contributed by atoms with Crippen LogP contribution >= 0.6 is 0 Å². The minimum atomic E-state index is 0.725. The molecule has 0 aromatic heterocycles. The van der Waals surface area contributed by atoms with Gasteiger partial charge in [0, 0.05) is 19.3 Å². The molecule has 2 fully saturated rings. The van der Waals surface area contributed by atoms with Gasteiger partial charge in [-0.3, -0.25) is 0 Å². The Morgan fingerprint density at radius 1 is 1.06 bits per heavy atom. The maximum absolute atomic E-state index is 5.40. The van der Waals surface area contributed by atoms with Gasteiger partial charge in [-0.05, 0) is 51.0 Å². The number of hydrogen-bond donors (Lipinski definition) is 1. The summed E-state index contributed by atoms with van der Waals surface area (Å²) in [4.78, 5) is 0. The minimum absolute atomic E-state index is 0.725. The van der Waals surface area contributed by atoms with Gasteiger partial charge in [-0.2, -0.15) is 0 Å². The van der Waals surface area contributed by atoms with Gasteiger partial charge in [-0.15, -0.1) is 0 Å². The first-order chi connectivity index (χ1) is 7.86. The molecule has 0 aromatic carbocycles. The van der Waals surface area contributed by atoms with E-state index < -0.39 is 0 Å². The van der Waals surface area contributed by atoms with Gasteiger partial charge in [0.05, 0.1) is 0 Å². The predicted molar refractivity (Wildman–Crippen MR) is 67.6 cm³/mol. The van der Waals surface area contributed by atoms with Gasteiger partial charge in [-0.1, -0.05) is 19.3 Å². The summed E-state index contributed by atoms with van der Waals surface area (Å²) in [6, 6.07) is 0.725. The van der Waals surface area contributed by atoms with Crippen LogP contribution in [-0.4, -0.2) is 25.8 Å². The Kier molecular flexibility index (Phi) is 5.11. The summed E-state index contributed by atoms with van der Waals surface area (Å²) in [7, 11) is 0. The Balaban J connectivity index is 1.63. The van der Waals surface area contributed by atoms with Crippen LogP contribution in [0, 0.1) is 11.8 Å². The maximum Gasteiger partial charge on any atom is 0.0469 e. The van der Waals surface area contributed by atoms with Crippen LogP contribution in [0.1, 0.15) is 51.9 Å². The van der Waals surface area contributed by atoms with Crippen LogP contribution in [0.25, 0.3) is 0 Å². The molecule has 16 heavy (non-hydrogen) atoms. The van der Waals surface area contributed by atoms with Gasteiger partial charge in [0.25, 0.3) is 0 Å². The van der Waals surface area contributed by atoms with E-state index in [1.807, 2.05) is 0 Å². The highest BCUT2D eigenvalue weighted by Crippen LogP contribution is 2.26. The fourth-order valence-electron chi connectivity index (χ4n) is 3.10. The normalized spacial score (nSPS) is 26.8. The van der Waals surface area contributed by atoms with Crippen molar-refractivity contribution in [1.82, 2.24) is 5.32 Å². The lowest BCUT2D eigenvalue weighted by Crippen LogP contribution is -2.38. The van der Waals surface area contributed by atoms with Gasteiger partial charge in [0.15, 0.2) is 0 Å². The SMILES string of the molecule is C[C@H](NCC1CCOCC1)C1CCCCC1. The smallest absolute Gasteiger partial charge is 0.0469 e. The zero-order valence-corrected chi connectivity index (χ0v) is 10.7. The number of nitrogens with one attached hydrogen (secondary N) is 1. The molecule has 0 amide bonds. The van der Waals surface area contributed by atoms with Crippen molar-refractivity contribution in [3.63, 3.8) is 0 Å². The summed E-state index contributed by atoms with van der Waals surface area (Å²) in [5, 5.41) is 3.77. The van der Waals surface area contributed by atoms with E-state index in [0.717, 1.165) is 31.1 Å². The molecule has 0 aromatic rings. The third-order valence-corrected chi connectivity index (χ3v) is 4.43. The van der Waals surface area contributed by atoms with E-state index in [1.165, 1.54) is 51.5 Å². The van der Waals surface area contributed by atoms with E-state index in [2.05, 4.69) is 12.2 Å². The molecule has 1 aliphatic heterocycles. The monoisotopic (exact) mass is 225 g/mol. The zero-order chi connectivity index (χ0) is 11.2. The molecule has 0 unspecified atom stereocenters. The molecule has 0 spiro atoms. The van der Waals surface area contributed by atoms with Crippen molar-refractivity contribution in [3.05, 3.63) is 0 Å². The third kappa shape index (κ3) is 3.74. The minimum Gasteiger partial charge on any atom is -0.381 e. The van der Waals surface area contributed by atoms with Crippen molar-refractivity contribution in [2.24, 2.45) is 11.8 Å². The summed E-state index contributed by atoms with van der Waals surface area (Å²) < 4.78 is 5.40. The summed E-state index contributed by atoms with van der Waals surface area (Å²) in [6.07, 6.45) is 9.77. The summed E-state index contributed by atoms with van der Waals surface area (Å²) in [6.45, 7) is 5.55. The Labute approximate surface area is 100 Å². The molecule has 1 saturated carbocycles. The second-order valence-corrected chi connectivity index (χ2v) is 5.65. The molecule has 2 nitrogen and oxygen atoms in total. The van der Waals surface area contributed by atoms with Crippen LogP contribution in [0.3, 0.4) is 0 Å². The molecule has 1 atom stereocenters. The van der Waals surface area contributed by atoms with E-state index in [4.69, 9.17) is 4.74 Å². The molecule has 1 saturated heterocycles. The Bertz CT molecular complexity index is 183. The second-order valence-electron chi connectivity index (χ2n) is 5.65. The lowest BCUT2D eigenvalue weighted by atomic mass is 9.84. The molecule has 94 valence electrons. The molecule has 1 heterocycles. The van der Waals surface area contributed by atoms with Gasteiger partial charge in [0.2, 0.25) is 0 Å². The molecule has 0 radical (unpaired) electrons. The fraction of sp³-hybridized carbons (Fsp3) is 1.00. The molecule has 0 bridgehead atoms. The van der Waals surface area contributed by atoms with E-state index in [1.54, 1.807) is 0 Å². The first kappa shape index (κ1) is 12.4. The second kappa shape index (κ2) is 6.61. The lowest BCUT2D eigenvalue weighted by molar-refractivity contribution is 0.0646. The van der Waals surface area contributed by atoms with Crippen molar-refractivity contribution in [3.8, 4) is 0 Å². The topological polar surface area (TPSA) is 21.3 Å². The Hall–Kier alpha value is -0.0800. The predicted octanol–water partition coefficient (Wildman–Crippen LogP) is 2.97. The summed E-state index contributed by atoms with van der Waals surface area (Å²) in [5.74, 6) is 1.80. The van der Waals surface area contributed by atoms with Gasteiger partial charge in [0.1, 0.15) is 0 Å². The van der Waals surface area contributed by atoms with Crippen LogP contribution in [0.5, 0.6) is 0 Å². The molecule has 2 aliphatic rings. The first-order valence-corrected chi connectivity index (χ1v) is 7.17. The summed E-state index contributed by atoms with van der Waals surface area (Å²) >= 11 is 0. The number of rotatable bonds is 4. The van der Waals surface area contributed by atoms with Gasteiger partial charge >= 0.3 is 0 Å². The Morgan fingerprint density at radius 3 is 2.44 bits per heavy atom. The molecule has 2 heteroatoms. The van der Waals surface area contributed by atoms with Gasteiger partial charge < -0.3 is 10.1 Å². The van der Waals surface area contributed by atoms with Crippen LogP contribution in [-0.2, 0) is 4.74 Å². The van der Waals surface area contributed by atoms with E-state index in [-0.39, 0.29) is 0 Å². The van der Waals surface area contributed by atoms with E-state index in [9.17, 15) is 0 Å². The first-order valence-electron chi connectivity index (χ1n) is 7.17. The fourth-order valence-corrected chi connectivity index (χ4v) is 3.10. The van der Waals surface area contributed by atoms with E-state index >= 15 is 0 Å². The number of hydrogen-bond acceptors (Lipinski definition) is 2. The zero-order valence-electron chi connectivity index (χ0n) is 10.7. The third-order valence-electron chi connectivity index (χ3n) is 4.43. The van der Waals surface area contributed by atoms with Crippen molar-refractivity contribution in [2.45, 2.75) is 57.9 Å². The average Bonchev–Trinajstić information content (AvgIpc) is 2.38. The highest BCUT2D eigenvalue weighted by molar-refractivity contribution is 4.77. The molecule has 2 rings (SSSR count). The van der Waals surface area contributed by atoms with Crippen LogP contribution in [0.15, 0.2) is 0 Å². The lowest BCUT2D eigenvalue weighted by Gasteiger charge is -2.30. The van der Waals surface area contributed by atoms with Crippen molar-refractivity contribution >= 4 is 0 Å². The molecular formula is C14H27NO. The highest BCUT2D eigenvalue weighted by atomic mass is 16.5. The van der Waals surface area contributed by atoms with E-state index in [0.29, 0.717) is 0 Å². The van der Waals surface area contributed by atoms with Gasteiger partial charge in [-0.25, -0.2) is 0 Å². The average molecular weight is 225 g/mol. The number of ether oxygens (including phenoxy) is 1. The largest absolute Gasteiger partial charge is 0.381 e. The van der Waals surface area contributed by atoms with Crippen molar-refractivity contribution in [2.75, 3.05) is 19.8 Å². The molecule has 1 aliphatic carbocycles. The summed E-state index contributed by atoms with van der Waals surface area (Å²) in [5.41, 5.74) is 0.